The molecule has 1 aliphatic heterocycles. The number of carbonyl (C=O) groups is 2. The Labute approximate surface area is 179 Å². The third kappa shape index (κ3) is 6.09. The van der Waals surface area contributed by atoms with E-state index in [4.69, 9.17) is 4.74 Å². The Morgan fingerprint density at radius 2 is 1.80 bits per heavy atom. The smallest absolute Gasteiger partial charge is 0.253 e. The second-order valence-electron chi connectivity index (χ2n) is 8.29. The van der Waals surface area contributed by atoms with Crippen molar-refractivity contribution in [3.63, 3.8) is 0 Å². The van der Waals surface area contributed by atoms with Gasteiger partial charge in [0.2, 0.25) is 5.91 Å². The minimum absolute atomic E-state index is 0.0253. The summed E-state index contributed by atoms with van der Waals surface area (Å²) in [7, 11) is 0. The molecule has 0 atom stereocenters. The highest BCUT2D eigenvalue weighted by Gasteiger charge is 2.27. The van der Waals surface area contributed by atoms with Crippen LogP contribution in [0.4, 0.5) is 0 Å². The molecule has 0 spiro atoms. The minimum atomic E-state index is -0.0253. The van der Waals surface area contributed by atoms with E-state index in [1.807, 2.05) is 68.1 Å². The number of nitrogens with zero attached hydrogens (tertiary/aromatic N) is 1. The summed E-state index contributed by atoms with van der Waals surface area (Å²) < 4.78 is 5.72. The van der Waals surface area contributed by atoms with Gasteiger partial charge in [-0.05, 0) is 69.9 Å². The van der Waals surface area contributed by atoms with E-state index in [9.17, 15) is 9.59 Å². The van der Waals surface area contributed by atoms with Crippen LogP contribution in [0.2, 0.25) is 0 Å². The van der Waals surface area contributed by atoms with Crippen LogP contribution in [0, 0.1) is 12.8 Å². The summed E-state index contributed by atoms with van der Waals surface area (Å²) in [5, 5.41) is 3.06. The predicted molar refractivity (Wildman–Crippen MR) is 119 cm³/mol. The molecule has 5 nitrogen and oxygen atoms in total. The number of carbonyl (C=O) groups excluding carboxylic acids is 2. The van der Waals surface area contributed by atoms with Gasteiger partial charge in [0.25, 0.3) is 5.91 Å². The monoisotopic (exact) mass is 408 g/mol. The second-order valence-corrected chi connectivity index (χ2v) is 8.29. The molecule has 160 valence electrons. The van der Waals surface area contributed by atoms with Crippen LogP contribution in [-0.4, -0.2) is 42.5 Å². The number of hydrogen-bond acceptors (Lipinski definition) is 3. The van der Waals surface area contributed by atoms with E-state index in [1.54, 1.807) is 0 Å². The number of benzene rings is 2. The average molecular weight is 409 g/mol. The molecule has 1 fully saturated rings. The Hall–Kier alpha value is -2.82. The van der Waals surface area contributed by atoms with Crippen LogP contribution in [0.15, 0.2) is 48.5 Å². The van der Waals surface area contributed by atoms with Gasteiger partial charge < -0.3 is 15.0 Å². The summed E-state index contributed by atoms with van der Waals surface area (Å²) in [6.45, 7) is 7.87. The van der Waals surface area contributed by atoms with Crippen LogP contribution >= 0.6 is 0 Å². The van der Waals surface area contributed by atoms with Gasteiger partial charge in [-0.1, -0.05) is 29.8 Å². The van der Waals surface area contributed by atoms with Gasteiger partial charge in [-0.15, -0.1) is 0 Å². The first kappa shape index (κ1) is 21.9. The highest BCUT2D eigenvalue weighted by molar-refractivity contribution is 5.94. The molecule has 30 heavy (non-hydrogen) atoms. The molecule has 5 heteroatoms. The van der Waals surface area contributed by atoms with Crippen LogP contribution in [0.3, 0.4) is 0 Å². The van der Waals surface area contributed by atoms with Gasteiger partial charge in [-0.25, -0.2) is 0 Å². The largest absolute Gasteiger partial charge is 0.491 e. The van der Waals surface area contributed by atoms with Crippen LogP contribution < -0.4 is 10.1 Å². The third-order valence-electron chi connectivity index (χ3n) is 5.43. The highest BCUT2D eigenvalue weighted by atomic mass is 16.5. The van der Waals surface area contributed by atoms with Crippen molar-refractivity contribution >= 4 is 11.8 Å². The first-order valence-corrected chi connectivity index (χ1v) is 10.8. The first-order valence-electron chi connectivity index (χ1n) is 10.8. The van der Waals surface area contributed by atoms with Crippen molar-refractivity contribution in [1.29, 1.82) is 0 Å². The Balaban J connectivity index is 1.42. The van der Waals surface area contributed by atoms with Crippen LogP contribution in [0.25, 0.3) is 0 Å². The first-order chi connectivity index (χ1) is 14.4. The van der Waals surface area contributed by atoms with Crippen molar-refractivity contribution in [2.75, 3.05) is 19.6 Å². The van der Waals surface area contributed by atoms with E-state index in [0.29, 0.717) is 38.0 Å². The molecule has 1 heterocycles. The van der Waals surface area contributed by atoms with Gasteiger partial charge >= 0.3 is 0 Å². The number of aryl methyl sites for hydroxylation is 1. The quantitative estimate of drug-likeness (QED) is 0.754. The Kier molecular flexibility index (Phi) is 7.50. The molecule has 1 aliphatic rings. The molecule has 0 radical (unpaired) electrons. The molecule has 0 aliphatic carbocycles. The highest BCUT2D eigenvalue weighted by Crippen LogP contribution is 2.20. The molecular formula is C25H32N2O3. The molecule has 2 aromatic rings. The van der Waals surface area contributed by atoms with Gasteiger partial charge in [-0.2, -0.15) is 0 Å². The maximum absolute atomic E-state index is 12.6. The van der Waals surface area contributed by atoms with Crippen molar-refractivity contribution in [2.45, 2.75) is 46.1 Å². The van der Waals surface area contributed by atoms with Gasteiger partial charge in [0.15, 0.2) is 0 Å². The van der Waals surface area contributed by atoms with E-state index in [1.165, 1.54) is 0 Å². The number of ether oxygens (including phenoxy) is 1. The van der Waals surface area contributed by atoms with Crippen LogP contribution in [-0.2, 0) is 11.2 Å². The molecule has 1 N–H and O–H groups in total. The number of nitrogens with one attached hydrogen (secondary N) is 1. The normalized spacial score (nSPS) is 14.6. The topological polar surface area (TPSA) is 58.6 Å². The van der Waals surface area contributed by atoms with Crippen LogP contribution in [0.1, 0.15) is 48.2 Å². The summed E-state index contributed by atoms with van der Waals surface area (Å²) in [4.78, 5) is 27.0. The summed E-state index contributed by atoms with van der Waals surface area (Å²) in [5.41, 5.74) is 3.00. The van der Waals surface area contributed by atoms with Crippen molar-refractivity contribution < 1.29 is 14.3 Å². The summed E-state index contributed by atoms with van der Waals surface area (Å²) >= 11 is 0. The zero-order chi connectivity index (χ0) is 21.5. The third-order valence-corrected chi connectivity index (χ3v) is 5.43. The summed E-state index contributed by atoms with van der Waals surface area (Å²) in [6, 6.07) is 15.7. The van der Waals surface area contributed by atoms with Crippen molar-refractivity contribution in [2.24, 2.45) is 5.92 Å². The molecule has 0 bridgehead atoms. The fraction of sp³-hybridized carbons (Fsp3) is 0.440. The van der Waals surface area contributed by atoms with E-state index in [0.717, 1.165) is 23.3 Å². The average Bonchev–Trinajstić information content (AvgIpc) is 2.73. The van der Waals surface area contributed by atoms with Crippen molar-refractivity contribution in [1.82, 2.24) is 10.2 Å². The lowest BCUT2D eigenvalue weighted by atomic mass is 9.95. The zero-order valence-corrected chi connectivity index (χ0v) is 18.2. The number of piperidine rings is 1. The molecule has 3 rings (SSSR count). The minimum Gasteiger partial charge on any atom is -0.491 e. The van der Waals surface area contributed by atoms with E-state index < -0.39 is 0 Å². The lowest BCUT2D eigenvalue weighted by molar-refractivity contribution is -0.126. The molecule has 2 aromatic carbocycles. The lowest BCUT2D eigenvalue weighted by Gasteiger charge is -2.31. The molecule has 0 saturated carbocycles. The van der Waals surface area contributed by atoms with Gasteiger partial charge in [0.1, 0.15) is 5.75 Å². The standard InChI is InChI=1S/C25H32N2O3/c1-18(2)30-23-6-4-5-20(17-23)11-14-26-24(28)21-12-15-27(16-13-21)25(29)22-9-7-19(3)8-10-22/h4-10,17-18,21H,11-16H2,1-3H3,(H,26,28). The summed E-state index contributed by atoms with van der Waals surface area (Å²) in [6.07, 6.45) is 2.33. The van der Waals surface area contributed by atoms with E-state index in [2.05, 4.69) is 11.4 Å². The maximum atomic E-state index is 12.6. The molecule has 2 amide bonds. The number of likely N-dealkylation sites (tertiary alicyclic amines) is 1. The van der Waals surface area contributed by atoms with Crippen molar-refractivity contribution in [3.05, 3.63) is 65.2 Å². The van der Waals surface area contributed by atoms with E-state index in [-0.39, 0.29) is 23.8 Å². The Morgan fingerprint density at radius 1 is 1.10 bits per heavy atom. The second kappa shape index (κ2) is 10.3. The number of rotatable bonds is 7. The Morgan fingerprint density at radius 3 is 2.47 bits per heavy atom. The maximum Gasteiger partial charge on any atom is 0.253 e. The van der Waals surface area contributed by atoms with Gasteiger partial charge in [-0.3, -0.25) is 9.59 Å². The van der Waals surface area contributed by atoms with Crippen LogP contribution in [0.5, 0.6) is 5.75 Å². The number of amides is 2. The van der Waals surface area contributed by atoms with Gasteiger partial charge in [0.05, 0.1) is 6.10 Å². The zero-order valence-electron chi connectivity index (χ0n) is 18.2. The molecular weight excluding hydrogens is 376 g/mol. The predicted octanol–water partition coefficient (Wildman–Crippen LogP) is 3.99. The van der Waals surface area contributed by atoms with Crippen molar-refractivity contribution in [3.8, 4) is 5.75 Å². The van der Waals surface area contributed by atoms with E-state index >= 15 is 0 Å². The fourth-order valence-electron chi connectivity index (χ4n) is 3.74. The lowest BCUT2D eigenvalue weighted by Crippen LogP contribution is -2.43. The van der Waals surface area contributed by atoms with Gasteiger partial charge in [0, 0.05) is 31.1 Å². The SMILES string of the molecule is Cc1ccc(C(=O)N2CCC(C(=O)NCCc3cccc(OC(C)C)c3)CC2)cc1. The fourth-order valence-corrected chi connectivity index (χ4v) is 3.74. The molecule has 0 aromatic heterocycles. The number of hydrogen-bond donors (Lipinski definition) is 1. The summed E-state index contributed by atoms with van der Waals surface area (Å²) in [5.74, 6) is 0.978. The molecule has 0 unspecified atom stereocenters. The Bertz CT molecular complexity index is 853. The molecule has 1 saturated heterocycles.